The molecule has 2 heterocycles. The smallest absolute Gasteiger partial charge is 0.243 e. The van der Waals surface area contributed by atoms with Crippen molar-refractivity contribution in [2.75, 3.05) is 25.5 Å². The highest BCUT2D eigenvalue weighted by atomic mass is 35.5. The molecule has 1 aliphatic rings. The van der Waals surface area contributed by atoms with Gasteiger partial charge in [-0.3, -0.25) is 4.79 Å². The van der Waals surface area contributed by atoms with Gasteiger partial charge in [0.05, 0.1) is 12.0 Å². The molecule has 1 N–H and O–H groups in total. The zero-order chi connectivity index (χ0) is 22.7. The summed E-state index contributed by atoms with van der Waals surface area (Å²) in [7, 11) is -2.00. The van der Waals surface area contributed by atoms with Gasteiger partial charge >= 0.3 is 0 Å². The number of carbonyl (C=O) groups is 1. The number of ether oxygens (including phenoxy) is 1. The van der Waals surface area contributed by atoms with E-state index in [2.05, 4.69) is 15.5 Å². The van der Waals surface area contributed by atoms with Gasteiger partial charge in [0.25, 0.3) is 0 Å². The average Bonchev–Trinajstić information content (AvgIpc) is 3.28. The highest BCUT2D eigenvalue weighted by Gasteiger charge is 2.32. The van der Waals surface area contributed by atoms with E-state index in [1.165, 1.54) is 27.8 Å². The summed E-state index contributed by atoms with van der Waals surface area (Å²) in [6.07, 6.45) is 0.867. The molecule has 1 aromatic heterocycles. The fourth-order valence-corrected chi connectivity index (χ4v) is 5.79. The molecule has 3 aromatic rings. The summed E-state index contributed by atoms with van der Waals surface area (Å²) < 4.78 is 32.2. The fourth-order valence-electron chi connectivity index (χ4n) is 3.45. The third-order valence-electron chi connectivity index (χ3n) is 5.27. The van der Waals surface area contributed by atoms with Crippen molar-refractivity contribution in [2.24, 2.45) is 5.92 Å². The molecule has 0 atom stereocenters. The van der Waals surface area contributed by atoms with Gasteiger partial charge in [-0.25, -0.2) is 8.42 Å². The van der Waals surface area contributed by atoms with Gasteiger partial charge in [0.15, 0.2) is 0 Å². The summed E-state index contributed by atoms with van der Waals surface area (Å²) >= 11 is 7.13. The maximum absolute atomic E-state index is 12.8. The van der Waals surface area contributed by atoms with Gasteiger partial charge in [0, 0.05) is 29.6 Å². The van der Waals surface area contributed by atoms with Crippen LogP contribution in [-0.2, 0) is 14.8 Å². The van der Waals surface area contributed by atoms with Crippen molar-refractivity contribution in [3.63, 3.8) is 0 Å². The van der Waals surface area contributed by atoms with E-state index in [0.717, 1.165) is 11.3 Å². The Balaban J connectivity index is 1.35. The molecule has 0 spiro atoms. The molecule has 1 saturated heterocycles. The number of amides is 1. The van der Waals surface area contributed by atoms with Crippen molar-refractivity contribution < 1.29 is 17.9 Å². The molecule has 168 valence electrons. The predicted octanol–water partition coefficient (Wildman–Crippen LogP) is 3.91. The molecule has 1 amide bonds. The molecule has 0 saturated carbocycles. The van der Waals surface area contributed by atoms with E-state index in [1.54, 1.807) is 19.2 Å². The van der Waals surface area contributed by atoms with Gasteiger partial charge in [0.1, 0.15) is 10.8 Å². The first kappa shape index (κ1) is 22.7. The Labute approximate surface area is 195 Å². The Bertz CT molecular complexity index is 1190. The third kappa shape index (κ3) is 4.93. The minimum atomic E-state index is -3.61. The van der Waals surface area contributed by atoms with Gasteiger partial charge in [-0.1, -0.05) is 22.9 Å². The first-order chi connectivity index (χ1) is 15.4. The lowest BCUT2D eigenvalue weighted by atomic mass is 9.97. The number of rotatable bonds is 6. The number of sulfonamides is 1. The lowest BCUT2D eigenvalue weighted by Crippen LogP contribution is -2.41. The molecule has 11 heteroatoms. The summed E-state index contributed by atoms with van der Waals surface area (Å²) in [5.41, 5.74) is 0.879. The van der Waals surface area contributed by atoms with Crippen LogP contribution in [0.25, 0.3) is 10.6 Å². The maximum Gasteiger partial charge on any atom is 0.243 e. The van der Waals surface area contributed by atoms with Crippen molar-refractivity contribution in [3.8, 4) is 16.3 Å². The third-order valence-corrected chi connectivity index (χ3v) is 8.32. The van der Waals surface area contributed by atoms with Crippen LogP contribution < -0.4 is 10.1 Å². The van der Waals surface area contributed by atoms with Crippen LogP contribution >= 0.6 is 22.9 Å². The Morgan fingerprint density at radius 1 is 1.09 bits per heavy atom. The van der Waals surface area contributed by atoms with Gasteiger partial charge in [-0.15, -0.1) is 10.2 Å². The van der Waals surface area contributed by atoms with Crippen molar-refractivity contribution in [2.45, 2.75) is 17.7 Å². The molecular formula is C21H21ClN4O4S2. The number of hydrogen-bond acceptors (Lipinski definition) is 7. The quantitative estimate of drug-likeness (QED) is 0.559. The first-order valence-corrected chi connectivity index (χ1v) is 12.5. The van der Waals surface area contributed by atoms with Crippen LogP contribution in [0.5, 0.6) is 5.75 Å². The number of hydrogen-bond donors (Lipinski definition) is 1. The second kappa shape index (κ2) is 9.53. The highest BCUT2D eigenvalue weighted by Crippen LogP contribution is 2.29. The average molecular weight is 493 g/mol. The topological polar surface area (TPSA) is 101 Å². The van der Waals surface area contributed by atoms with Crippen molar-refractivity contribution in [3.05, 3.63) is 53.6 Å². The molecule has 8 nitrogen and oxygen atoms in total. The Kier molecular flexibility index (Phi) is 6.75. The van der Waals surface area contributed by atoms with Crippen molar-refractivity contribution in [1.82, 2.24) is 14.5 Å². The molecule has 2 aromatic carbocycles. The molecule has 1 fully saturated rings. The van der Waals surface area contributed by atoms with Gasteiger partial charge in [-0.05, 0) is 61.4 Å². The molecular weight excluding hydrogens is 472 g/mol. The van der Waals surface area contributed by atoms with Gasteiger partial charge < -0.3 is 10.1 Å². The van der Waals surface area contributed by atoms with Crippen LogP contribution in [0.4, 0.5) is 5.13 Å². The summed E-state index contributed by atoms with van der Waals surface area (Å²) in [5.74, 6) is 0.280. The second-order valence-electron chi connectivity index (χ2n) is 7.26. The van der Waals surface area contributed by atoms with Gasteiger partial charge in [0.2, 0.25) is 21.1 Å². The van der Waals surface area contributed by atoms with E-state index in [9.17, 15) is 13.2 Å². The number of anilines is 1. The largest absolute Gasteiger partial charge is 0.497 e. The Hall–Kier alpha value is -2.53. The van der Waals surface area contributed by atoms with Crippen LogP contribution in [0.3, 0.4) is 0 Å². The standard InChI is InChI=1S/C21H21ClN4O4S2/c1-30-17-6-2-15(3-7-17)20-24-25-21(31-20)23-19(27)14-10-12-26(13-11-14)32(28,29)18-8-4-16(22)5-9-18/h2-9,14H,10-13H2,1H3,(H,23,25,27). The number of piperidine rings is 1. The molecule has 0 aliphatic carbocycles. The Morgan fingerprint density at radius 3 is 2.38 bits per heavy atom. The summed E-state index contributed by atoms with van der Waals surface area (Å²) in [6, 6.07) is 13.5. The Morgan fingerprint density at radius 2 is 1.75 bits per heavy atom. The first-order valence-electron chi connectivity index (χ1n) is 9.91. The van der Waals surface area contributed by atoms with E-state index in [0.29, 0.717) is 28.0 Å². The summed E-state index contributed by atoms with van der Waals surface area (Å²) in [4.78, 5) is 12.9. The molecule has 0 bridgehead atoms. The second-order valence-corrected chi connectivity index (χ2v) is 10.6. The lowest BCUT2D eigenvalue weighted by Gasteiger charge is -2.30. The minimum Gasteiger partial charge on any atom is -0.497 e. The van der Waals surface area contributed by atoms with Crippen LogP contribution in [0.15, 0.2) is 53.4 Å². The molecule has 0 radical (unpaired) electrons. The predicted molar refractivity (Wildman–Crippen MR) is 123 cm³/mol. The van der Waals surface area contributed by atoms with Crippen molar-refractivity contribution in [1.29, 1.82) is 0 Å². The summed E-state index contributed by atoms with van der Waals surface area (Å²) in [5, 5.41) is 12.6. The molecule has 32 heavy (non-hydrogen) atoms. The van der Waals surface area contributed by atoms with Crippen LogP contribution in [0.2, 0.25) is 5.02 Å². The number of nitrogens with one attached hydrogen (secondary N) is 1. The van der Waals surface area contributed by atoms with Crippen molar-refractivity contribution >= 4 is 44.0 Å². The van der Waals surface area contributed by atoms with E-state index < -0.39 is 10.0 Å². The molecule has 4 rings (SSSR count). The number of methoxy groups -OCH3 is 1. The number of nitrogens with zero attached hydrogens (tertiary/aromatic N) is 3. The lowest BCUT2D eigenvalue weighted by molar-refractivity contribution is -0.120. The number of carbonyl (C=O) groups excluding carboxylic acids is 1. The fraction of sp³-hybridized carbons (Fsp3) is 0.286. The number of aromatic nitrogens is 2. The van der Waals surface area contributed by atoms with Crippen LogP contribution in [-0.4, -0.2) is 49.0 Å². The maximum atomic E-state index is 12.8. The number of benzene rings is 2. The zero-order valence-electron chi connectivity index (χ0n) is 17.2. The van der Waals surface area contributed by atoms with Crippen LogP contribution in [0, 0.1) is 5.92 Å². The van der Waals surface area contributed by atoms with Crippen LogP contribution in [0.1, 0.15) is 12.8 Å². The minimum absolute atomic E-state index is 0.175. The SMILES string of the molecule is COc1ccc(-c2nnc(NC(=O)C3CCN(S(=O)(=O)c4ccc(Cl)cc4)CC3)s2)cc1. The highest BCUT2D eigenvalue weighted by molar-refractivity contribution is 7.89. The summed E-state index contributed by atoms with van der Waals surface area (Å²) in [6.45, 7) is 0.548. The van der Waals surface area contributed by atoms with E-state index in [4.69, 9.17) is 16.3 Å². The monoisotopic (exact) mass is 492 g/mol. The van der Waals surface area contributed by atoms with Gasteiger partial charge in [-0.2, -0.15) is 4.31 Å². The molecule has 1 aliphatic heterocycles. The normalized spacial score (nSPS) is 15.4. The zero-order valence-corrected chi connectivity index (χ0v) is 19.6. The van der Waals surface area contributed by atoms with E-state index in [-0.39, 0.29) is 29.8 Å². The number of halogens is 1. The van der Waals surface area contributed by atoms with E-state index >= 15 is 0 Å². The molecule has 0 unspecified atom stereocenters. The van der Waals surface area contributed by atoms with E-state index in [1.807, 2.05) is 24.3 Å².